The number of nitrogens with zero attached hydrogens (tertiary/aromatic N) is 1. The van der Waals surface area contributed by atoms with E-state index < -0.39 is 10.0 Å². The van der Waals surface area contributed by atoms with Gasteiger partial charge in [0.1, 0.15) is 0 Å². The first kappa shape index (κ1) is 15.1. The van der Waals surface area contributed by atoms with Gasteiger partial charge in [0.15, 0.2) is 0 Å². The van der Waals surface area contributed by atoms with Crippen LogP contribution in [-0.2, 0) is 10.0 Å². The van der Waals surface area contributed by atoms with E-state index in [0.29, 0.717) is 5.69 Å². The van der Waals surface area contributed by atoms with Crippen LogP contribution in [0.4, 0.5) is 5.69 Å². The largest absolute Gasteiger partial charge is 0.265 e. The van der Waals surface area contributed by atoms with Gasteiger partial charge in [-0.1, -0.05) is 41.3 Å². The van der Waals surface area contributed by atoms with Crippen molar-refractivity contribution in [1.82, 2.24) is 0 Å². The molecule has 0 saturated carbocycles. The number of terminal acetylenes is 1. The lowest BCUT2D eigenvalue weighted by atomic mass is 10.2. The molecule has 0 aromatic heterocycles. The first-order valence-corrected chi connectivity index (χ1v) is 7.98. The predicted molar refractivity (Wildman–Crippen MR) is 85.7 cm³/mol. The summed E-state index contributed by atoms with van der Waals surface area (Å²) in [5.74, 6) is 2.41. The van der Waals surface area contributed by atoms with Gasteiger partial charge in [0, 0.05) is 0 Å². The Hall–Kier alpha value is -2.25. The molecule has 0 aliphatic heterocycles. The van der Waals surface area contributed by atoms with Crippen LogP contribution in [0.5, 0.6) is 0 Å². The van der Waals surface area contributed by atoms with Crippen molar-refractivity contribution >= 4 is 15.7 Å². The second-order valence-electron chi connectivity index (χ2n) is 4.86. The number of sulfonamides is 1. The summed E-state index contributed by atoms with van der Waals surface area (Å²) in [5.41, 5.74) is 2.64. The van der Waals surface area contributed by atoms with Crippen molar-refractivity contribution in [3.8, 4) is 12.3 Å². The Morgan fingerprint density at radius 2 is 1.43 bits per heavy atom. The molecule has 0 unspecified atom stereocenters. The van der Waals surface area contributed by atoms with E-state index in [0.717, 1.165) is 11.1 Å². The normalized spacial score (nSPS) is 10.9. The van der Waals surface area contributed by atoms with E-state index in [9.17, 15) is 8.42 Å². The van der Waals surface area contributed by atoms with Crippen LogP contribution in [0.2, 0.25) is 0 Å². The third-order valence-electron chi connectivity index (χ3n) is 3.17. The van der Waals surface area contributed by atoms with Crippen LogP contribution in [0.1, 0.15) is 11.1 Å². The molecule has 0 bridgehead atoms. The lowest BCUT2D eigenvalue weighted by Crippen LogP contribution is -2.31. The van der Waals surface area contributed by atoms with Gasteiger partial charge in [0.25, 0.3) is 10.0 Å². The van der Waals surface area contributed by atoms with E-state index in [4.69, 9.17) is 6.42 Å². The molecule has 0 amide bonds. The van der Waals surface area contributed by atoms with Gasteiger partial charge in [-0.3, -0.25) is 4.31 Å². The van der Waals surface area contributed by atoms with E-state index >= 15 is 0 Å². The molecule has 108 valence electrons. The number of hydrogen-bond donors (Lipinski definition) is 0. The maximum Gasteiger partial charge on any atom is 0.265 e. The van der Waals surface area contributed by atoms with E-state index in [-0.39, 0.29) is 11.4 Å². The first-order chi connectivity index (χ1) is 9.95. The highest BCUT2D eigenvalue weighted by Gasteiger charge is 2.23. The second kappa shape index (κ2) is 6.02. The molecular weight excluding hydrogens is 282 g/mol. The average Bonchev–Trinajstić information content (AvgIpc) is 2.46. The smallest absolute Gasteiger partial charge is 0.254 e. The summed E-state index contributed by atoms with van der Waals surface area (Å²) in [5, 5.41) is 0. The molecule has 2 aromatic carbocycles. The zero-order chi connectivity index (χ0) is 15.5. The summed E-state index contributed by atoms with van der Waals surface area (Å²) < 4.78 is 26.7. The van der Waals surface area contributed by atoms with Crippen LogP contribution in [-0.4, -0.2) is 15.0 Å². The van der Waals surface area contributed by atoms with Crippen molar-refractivity contribution in [3.05, 3.63) is 59.7 Å². The third kappa shape index (κ3) is 3.26. The minimum absolute atomic E-state index is 0.000723. The quantitative estimate of drug-likeness (QED) is 0.813. The highest BCUT2D eigenvalue weighted by Crippen LogP contribution is 2.23. The van der Waals surface area contributed by atoms with Gasteiger partial charge in [-0.2, -0.15) is 0 Å². The standard InChI is InChI=1S/C17H17NO2S/c1-4-13-18(16-9-5-14(2)6-10-16)21(19,20)17-11-7-15(3)8-12-17/h1,5-12H,13H2,2-3H3. The molecular formula is C17H17NO2S. The molecule has 2 rings (SSSR count). The number of hydrogen-bond acceptors (Lipinski definition) is 2. The molecule has 0 fully saturated rings. The Morgan fingerprint density at radius 1 is 0.952 bits per heavy atom. The molecule has 0 spiro atoms. The van der Waals surface area contributed by atoms with Crippen molar-refractivity contribution in [2.24, 2.45) is 0 Å². The Labute approximate surface area is 126 Å². The Bertz CT molecular complexity index is 754. The molecule has 0 saturated heterocycles. The molecule has 0 heterocycles. The van der Waals surface area contributed by atoms with Crippen molar-refractivity contribution in [1.29, 1.82) is 0 Å². The summed E-state index contributed by atoms with van der Waals surface area (Å²) in [6.07, 6.45) is 5.34. The number of benzene rings is 2. The second-order valence-corrected chi connectivity index (χ2v) is 6.73. The van der Waals surface area contributed by atoms with Gasteiger partial charge in [-0.05, 0) is 38.1 Å². The lowest BCUT2D eigenvalue weighted by molar-refractivity contribution is 0.593. The Balaban J connectivity index is 2.48. The van der Waals surface area contributed by atoms with Gasteiger partial charge >= 0.3 is 0 Å². The third-order valence-corrected chi connectivity index (χ3v) is 4.95. The number of aryl methyl sites for hydroxylation is 2. The van der Waals surface area contributed by atoms with Crippen LogP contribution < -0.4 is 4.31 Å². The Morgan fingerprint density at radius 3 is 1.90 bits per heavy atom. The molecule has 0 N–H and O–H groups in total. The van der Waals surface area contributed by atoms with E-state index in [1.165, 1.54) is 4.31 Å². The highest BCUT2D eigenvalue weighted by atomic mass is 32.2. The van der Waals surface area contributed by atoms with Crippen LogP contribution in [0.3, 0.4) is 0 Å². The summed E-state index contributed by atoms with van der Waals surface area (Å²) in [7, 11) is -3.66. The van der Waals surface area contributed by atoms with Gasteiger partial charge in [-0.25, -0.2) is 8.42 Å². The SMILES string of the molecule is C#CCN(c1ccc(C)cc1)S(=O)(=O)c1ccc(C)cc1. The fraction of sp³-hybridized carbons (Fsp3) is 0.176. The van der Waals surface area contributed by atoms with E-state index in [2.05, 4.69) is 5.92 Å². The van der Waals surface area contributed by atoms with Crippen molar-refractivity contribution in [3.63, 3.8) is 0 Å². The van der Waals surface area contributed by atoms with Crippen LogP contribution in [0, 0.1) is 26.2 Å². The molecule has 0 aliphatic carbocycles. The summed E-state index contributed by atoms with van der Waals surface area (Å²) in [6.45, 7) is 3.86. The maximum absolute atomic E-state index is 12.7. The lowest BCUT2D eigenvalue weighted by Gasteiger charge is -2.22. The summed E-state index contributed by atoms with van der Waals surface area (Å²) in [6, 6.07) is 14.0. The van der Waals surface area contributed by atoms with Gasteiger partial charge in [0.05, 0.1) is 17.1 Å². The first-order valence-electron chi connectivity index (χ1n) is 6.54. The topological polar surface area (TPSA) is 37.4 Å². The molecule has 0 aliphatic rings. The van der Waals surface area contributed by atoms with Crippen molar-refractivity contribution < 1.29 is 8.42 Å². The number of rotatable bonds is 4. The molecule has 0 radical (unpaired) electrons. The minimum Gasteiger partial charge on any atom is -0.254 e. The number of anilines is 1. The van der Waals surface area contributed by atoms with Crippen LogP contribution >= 0.6 is 0 Å². The van der Waals surface area contributed by atoms with Crippen molar-refractivity contribution in [2.45, 2.75) is 18.7 Å². The average molecular weight is 299 g/mol. The summed E-state index contributed by atoms with van der Waals surface area (Å²) in [4.78, 5) is 0.240. The molecule has 2 aromatic rings. The van der Waals surface area contributed by atoms with Crippen LogP contribution in [0.25, 0.3) is 0 Å². The van der Waals surface area contributed by atoms with Gasteiger partial charge < -0.3 is 0 Å². The van der Waals surface area contributed by atoms with Gasteiger partial charge in [-0.15, -0.1) is 6.42 Å². The summed E-state index contributed by atoms with van der Waals surface area (Å²) >= 11 is 0. The van der Waals surface area contributed by atoms with E-state index in [1.807, 2.05) is 26.0 Å². The zero-order valence-electron chi connectivity index (χ0n) is 12.1. The van der Waals surface area contributed by atoms with Gasteiger partial charge in [0.2, 0.25) is 0 Å². The fourth-order valence-electron chi connectivity index (χ4n) is 1.95. The molecule has 3 nitrogen and oxygen atoms in total. The Kier molecular flexibility index (Phi) is 4.35. The molecule has 4 heteroatoms. The molecule has 0 atom stereocenters. The minimum atomic E-state index is -3.66. The molecule has 21 heavy (non-hydrogen) atoms. The fourth-order valence-corrected chi connectivity index (χ4v) is 3.32. The predicted octanol–water partition coefficient (Wildman–Crippen LogP) is 3.13. The van der Waals surface area contributed by atoms with Crippen LogP contribution in [0.15, 0.2) is 53.4 Å². The zero-order valence-corrected chi connectivity index (χ0v) is 12.9. The van der Waals surface area contributed by atoms with Crippen molar-refractivity contribution in [2.75, 3.05) is 10.8 Å². The highest BCUT2D eigenvalue weighted by molar-refractivity contribution is 7.92. The van der Waals surface area contributed by atoms with E-state index in [1.54, 1.807) is 36.4 Å². The maximum atomic E-state index is 12.7. The monoisotopic (exact) mass is 299 g/mol.